The van der Waals surface area contributed by atoms with Gasteiger partial charge in [0.2, 0.25) is 11.9 Å². The van der Waals surface area contributed by atoms with Gasteiger partial charge < -0.3 is 10.1 Å². The number of cyclic esters (lactones) is 1. The van der Waals surface area contributed by atoms with Gasteiger partial charge in [0.25, 0.3) is 11.8 Å². The quantitative estimate of drug-likeness (QED) is 0.375. The third-order valence-corrected chi connectivity index (χ3v) is 6.59. The van der Waals surface area contributed by atoms with Gasteiger partial charge in [0.1, 0.15) is 18.5 Å². The number of hydrogen-bond donors (Lipinski definition) is 2. The lowest BCUT2D eigenvalue weighted by atomic mass is 9.87. The van der Waals surface area contributed by atoms with E-state index in [2.05, 4.69) is 10.3 Å². The maximum Gasteiger partial charge on any atom is 0.417 e. The zero-order valence-corrected chi connectivity index (χ0v) is 21.5. The van der Waals surface area contributed by atoms with Crippen LogP contribution in [0.15, 0.2) is 53.5 Å². The summed E-state index contributed by atoms with van der Waals surface area (Å²) in [7, 11) is 0. The van der Waals surface area contributed by atoms with E-state index in [0.717, 1.165) is 21.9 Å². The molecule has 2 unspecified atom stereocenters. The summed E-state index contributed by atoms with van der Waals surface area (Å²) in [5.74, 6) is -5.94. The van der Waals surface area contributed by atoms with E-state index in [1.807, 2.05) is 0 Å². The molecule has 1 aliphatic carbocycles. The largest absolute Gasteiger partial charge is 0.446 e. The second-order valence-electron chi connectivity index (χ2n) is 9.09. The fourth-order valence-corrected chi connectivity index (χ4v) is 4.64. The smallest absolute Gasteiger partial charge is 0.417 e. The van der Waals surface area contributed by atoms with E-state index in [1.165, 1.54) is 30.5 Å². The van der Waals surface area contributed by atoms with E-state index < -0.39 is 73.2 Å². The molecule has 1 aliphatic heterocycles. The molecule has 4 rings (SSSR count). The summed E-state index contributed by atoms with van der Waals surface area (Å²) in [6.07, 6.45) is -0.329. The summed E-state index contributed by atoms with van der Waals surface area (Å²) in [6, 6.07) is 7.12. The Balaban J connectivity index is 1.80. The predicted octanol–water partition coefficient (Wildman–Crippen LogP) is 4.70. The van der Waals surface area contributed by atoms with E-state index in [4.69, 9.17) is 21.7 Å². The predicted molar refractivity (Wildman–Crippen MR) is 138 cm³/mol. The van der Waals surface area contributed by atoms with Crippen molar-refractivity contribution in [2.45, 2.75) is 50.2 Å². The van der Waals surface area contributed by atoms with E-state index in [-0.39, 0.29) is 16.3 Å². The van der Waals surface area contributed by atoms with Crippen molar-refractivity contribution in [1.82, 2.24) is 10.2 Å². The third kappa shape index (κ3) is 6.06. The number of benzene rings is 2. The minimum Gasteiger partial charge on any atom is -0.446 e. The Kier molecular flexibility index (Phi) is 8.24. The summed E-state index contributed by atoms with van der Waals surface area (Å²) in [5.41, 5.74) is 0.0677. The number of carbonyl (C=O) groups is 3. The van der Waals surface area contributed by atoms with E-state index >= 15 is 0 Å². The number of hydrogen-bond acceptors (Lipinski definition) is 5. The van der Waals surface area contributed by atoms with Crippen LogP contribution >= 0.6 is 11.6 Å². The molecule has 0 spiro atoms. The van der Waals surface area contributed by atoms with Gasteiger partial charge in [-0.3, -0.25) is 19.9 Å². The van der Waals surface area contributed by atoms with Crippen LogP contribution in [0.4, 0.5) is 23.7 Å². The Morgan fingerprint density at radius 2 is 2.00 bits per heavy atom. The SMILES string of the molecule is CCC=NC(=N)N1C(=O)OCC1C(=O)N(c1cccc(F)c1)C(C(=O)NC1CC(F)(F)C1)c1ccccc1Cl. The summed E-state index contributed by atoms with van der Waals surface area (Å²) >= 11 is 6.42. The first kappa shape index (κ1) is 28.1. The van der Waals surface area contributed by atoms with Crippen molar-refractivity contribution in [3.63, 3.8) is 0 Å². The summed E-state index contributed by atoms with van der Waals surface area (Å²) in [5, 5.41) is 10.8. The van der Waals surface area contributed by atoms with Gasteiger partial charge in [-0.05, 0) is 30.7 Å². The van der Waals surface area contributed by atoms with Gasteiger partial charge >= 0.3 is 6.09 Å². The van der Waals surface area contributed by atoms with Crippen molar-refractivity contribution in [3.8, 4) is 0 Å². The van der Waals surface area contributed by atoms with Crippen molar-refractivity contribution in [2.24, 2.45) is 4.99 Å². The van der Waals surface area contributed by atoms with Gasteiger partial charge in [-0.15, -0.1) is 0 Å². The monoisotopic (exact) mass is 563 g/mol. The zero-order chi connectivity index (χ0) is 28.3. The zero-order valence-electron chi connectivity index (χ0n) is 20.7. The van der Waals surface area contributed by atoms with Gasteiger partial charge in [0, 0.05) is 41.4 Å². The van der Waals surface area contributed by atoms with Crippen LogP contribution in [0.2, 0.25) is 5.02 Å². The van der Waals surface area contributed by atoms with Crippen molar-refractivity contribution < 1.29 is 32.3 Å². The number of halogens is 4. The lowest BCUT2D eigenvalue weighted by Gasteiger charge is -2.39. The molecule has 13 heteroatoms. The van der Waals surface area contributed by atoms with Gasteiger partial charge in [0.15, 0.2) is 6.04 Å². The van der Waals surface area contributed by atoms with Crippen LogP contribution in [0, 0.1) is 11.2 Å². The Labute approximate surface area is 227 Å². The average Bonchev–Trinajstić information content (AvgIpc) is 3.26. The molecule has 0 bridgehead atoms. The van der Waals surface area contributed by atoms with Gasteiger partial charge in [-0.25, -0.2) is 27.9 Å². The third-order valence-electron chi connectivity index (χ3n) is 6.25. The molecule has 2 atom stereocenters. The topological polar surface area (TPSA) is 115 Å². The maximum atomic E-state index is 14.4. The first-order valence-corrected chi connectivity index (χ1v) is 12.5. The highest BCUT2D eigenvalue weighted by Gasteiger charge is 2.49. The van der Waals surface area contributed by atoms with Crippen LogP contribution in [0.25, 0.3) is 0 Å². The molecule has 3 amide bonds. The Bertz CT molecular complexity index is 1320. The van der Waals surface area contributed by atoms with Gasteiger partial charge in [-0.1, -0.05) is 42.8 Å². The molecule has 1 heterocycles. The number of nitrogens with one attached hydrogen (secondary N) is 2. The standard InChI is InChI=1S/C26H25ClF3N5O4/c1-2-10-32-24(31)35-20(14-39-25(35)38)23(37)34(17-7-5-6-15(28)11-17)21(18-8-3-4-9-19(18)27)22(36)33-16-12-26(29,30)13-16/h3-11,16,20-21,31H,2,12-14H2,1H3,(H,33,36). The number of ether oxygens (including phenoxy) is 1. The van der Waals surface area contributed by atoms with Gasteiger partial charge in [0.05, 0.1) is 0 Å². The van der Waals surface area contributed by atoms with Crippen molar-refractivity contribution >= 4 is 47.4 Å². The van der Waals surface area contributed by atoms with E-state index in [1.54, 1.807) is 19.1 Å². The number of guanidine groups is 1. The van der Waals surface area contributed by atoms with Crippen molar-refractivity contribution in [2.75, 3.05) is 11.5 Å². The highest BCUT2D eigenvalue weighted by molar-refractivity contribution is 6.31. The average molecular weight is 564 g/mol. The second-order valence-corrected chi connectivity index (χ2v) is 9.50. The number of amides is 3. The van der Waals surface area contributed by atoms with Crippen LogP contribution in [0.5, 0.6) is 0 Å². The first-order chi connectivity index (χ1) is 18.5. The van der Waals surface area contributed by atoms with Crippen LogP contribution < -0.4 is 10.2 Å². The van der Waals surface area contributed by atoms with Crippen LogP contribution in [0.1, 0.15) is 37.8 Å². The molecule has 2 N–H and O–H groups in total. The fraction of sp³-hybridized carbons (Fsp3) is 0.346. The molecule has 2 aromatic carbocycles. The minimum atomic E-state index is -2.92. The second kappa shape index (κ2) is 11.4. The lowest BCUT2D eigenvalue weighted by Crippen LogP contribution is -2.56. The molecule has 9 nitrogen and oxygen atoms in total. The summed E-state index contributed by atoms with van der Waals surface area (Å²) in [6.45, 7) is 1.29. The Morgan fingerprint density at radius 3 is 2.64 bits per heavy atom. The summed E-state index contributed by atoms with van der Waals surface area (Å²) < 4.78 is 46.4. The van der Waals surface area contributed by atoms with Crippen molar-refractivity contribution in [3.05, 3.63) is 64.9 Å². The molecule has 0 radical (unpaired) electrons. The molecule has 2 fully saturated rings. The minimum absolute atomic E-state index is 0.0677. The molecular weight excluding hydrogens is 539 g/mol. The molecule has 39 heavy (non-hydrogen) atoms. The number of rotatable bonds is 7. The van der Waals surface area contributed by atoms with E-state index in [9.17, 15) is 27.6 Å². The number of anilines is 1. The molecule has 2 aliphatic rings. The van der Waals surface area contributed by atoms with Crippen molar-refractivity contribution in [1.29, 1.82) is 5.41 Å². The molecule has 1 saturated heterocycles. The lowest BCUT2D eigenvalue weighted by molar-refractivity contribution is -0.133. The number of nitrogens with zero attached hydrogens (tertiary/aromatic N) is 3. The number of carbonyl (C=O) groups excluding carboxylic acids is 3. The van der Waals surface area contributed by atoms with Gasteiger partial charge in [-0.2, -0.15) is 0 Å². The normalized spacial score (nSPS) is 19.4. The highest BCUT2D eigenvalue weighted by atomic mass is 35.5. The molecule has 1 saturated carbocycles. The van der Waals surface area contributed by atoms with Crippen LogP contribution in [-0.4, -0.2) is 59.6 Å². The number of alkyl halides is 2. The van der Waals surface area contributed by atoms with Crippen LogP contribution in [-0.2, 0) is 14.3 Å². The maximum absolute atomic E-state index is 14.4. The number of aliphatic imine (C=N–C) groups is 1. The molecule has 206 valence electrons. The van der Waals surface area contributed by atoms with E-state index in [0.29, 0.717) is 6.42 Å². The molecule has 2 aromatic rings. The Hall–Kier alpha value is -3.93. The molecular formula is C26H25ClF3N5O4. The fourth-order valence-electron chi connectivity index (χ4n) is 4.41. The first-order valence-electron chi connectivity index (χ1n) is 12.1. The Morgan fingerprint density at radius 1 is 1.28 bits per heavy atom. The highest BCUT2D eigenvalue weighted by Crippen LogP contribution is 2.39. The molecule has 0 aromatic heterocycles. The summed E-state index contributed by atoms with van der Waals surface area (Å²) in [4.78, 5) is 45.8. The van der Waals surface area contributed by atoms with Crippen LogP contribution in [0.3, 0.4) is 0 Å².